The summed E-state index contributed by atoms with van der Waals surface area (Å²) in [5, 5.41) is 13.7. The highest BCUT2D eigenvalue weighted by molar-refractivity contribution is 6.33. The number of nitrogens with one attached hydrogen (secondary N) is 1. The lowest BCUT2D eigenvalue weighted by atomic mass is 9.97. The summed E-state index contributed by atoms with van der Waals surface area (Å²) in [5.41, 5.74) is 2.49. The van der Waals surface area contributed by atoms with E-state index in [0.717, 1.165) is 37.5 Å². The van der Waals surface area contributed by atoms with Gasteiger partial charge in [-0.1, -0.05) is 23.7 Å². The lowest BCUT2D eigenvalue weighted by Gasteiger charge is -2.34. The summed E-state index contributed by atoms with van der Waals surface area (Å²) in [6.45, 7) is 3.20. The summed E-state index contributed by atoms with van der Waals surface area (Å²) >= 11 is 6.45. The first-order valence-electron chi connectivity index (χ1n) is 7.64. The quantitative estimate of drug-likeness (QED) is 0.876. The van der Waals surface area contributed by atoms with Crippen LogP contribution in [0.1, 0.15) is 31.2 Å². The Morgan fingerprint density at radius 2 is 1.95 bits per heavy atom. The number of hydrogen-bond donors (Lipinski definition) is 2. The number of para-hydroxylation sites is 1. The van der Waals surface area contributed by atoms with E-state index in [1.54, 1.807) is 0 Å². The minimum absolute atomic E-state index is 0.312. The fourth-order valence-corrected chi connectivity index (χ4v) is 3.25. The summed E-state index contributed by atoms with van der Waals surface area (Å²) in [7, 11) is 0. The summed E-state index contributed by atoms with van der Waals surface area (Å²) in [5.74, 6) is 0.460. The van der Waals surface area contributed by atoms with E-state index >= 15 is 0 Å². The molecule has 1 heterocycles. The molecule has 3 rings (SSSR count). The predicted octanol–water partition coefficient (Wildman–Crippen LogP) is 2.80. The van der Waals surface area contributed by atoms with E-state index in [1.807, 2.05) is 12.1 Å². The van der Waals surface area contributed by atoms with Crippen molar-refractivity contribution < 1.29 is 5.11 Å². The van der Waals surface area contributed by atoms with Crippen molar-refractivity contribution in [3.8, 4) is 0 Å². The highest BCUT2D eigenvalue weighted by Gasteiger charge is 2.24. The Morgan fingerprint density at radius 1 is 1.20 bits per heavy atom. The third-order valence-electron chi connectivity index (χ3n) is 4.42. The van der Waals surface area contributed by atoms with Crippen LogP contribution in [0.15, 0.2) is 18.2 Å². The number of piperidine rings is 1. The van der Waals surface area contributed by atoms with Gasteiger partial charge in [0, 0.05) is 32.3 Å². The lowest BCUT2D eigenvalue weighted by Crippen LogP contribution is -2.35. The molecule has 2 N–H and O–H groups in total. The standard InChI is InChI=1S/C16H23ClN2O/c17-15-3-1-2-13(10-18-14-4-5-14)16(15)19-8-6-12(11-20)7-9-19/h1-3,12,14,18,20H,4-11H2. The molecule has 0 bridgehead atoms. The van der Waals surface area contributed by atoms with Crippen molar-refractivity contribution in [1.29, 1.82) is 0 Å². The highest BCUT2D eigenvalue weighted by Crippen LogP contribution is 2.33. The number of anilines is 1. The van der Waals surface area contributed by atoms with E-state index in [-0.39, 0.29) is 0 Å². The average molecular weight is 295 g/mol. The Labute approximate surface area is 125 Å². The minimum Gasteiger partial charge on any atom is -0.396 e. The van der Waals surface area contributed by atoms with Gasteiger partial charge in [0.25, 0.3) is 0 Å². The molecule has 0 spiro atoms. The first-order chi connectivity index (χ1) is 9.78. The zero-order valence-corrected chi connectivity index (χ0v) is 12.6. The van der Waals surface area contributed by atoms with Gasteiger partial charge >= 0.3 is 0 Å². The third-order valence-corrected chi connectivity index (χ3v) is 4.72. The summed E-state index contributed by atoms with van der Waals surface area (Å²) < 4.78 is 0. The lowest BCUT2D eigenvalue weighted by molar-refractivity contribution is 0.203. The van der Waals surface area contributed by atoms with E-state index in [2.05, 4.69) is 16.3 Å². The van der Waals surface area contributed by atoms with Gasteiger partial charge in [0.2, 0.25) is 0 Å². The molecule has 2 aliphatic rings. The molecule has 0 amide bonds. The average Bonchev–Trinajstić information content (AvgIpc) is 3.30. The molecule has 0 aromatic heterocycles. The molecule has 110 valence electrons. The first-order valence-corrected chi connectivity index (χ1v) is 8.02. The van der Waals surface area contributed by atoms with Gasteiger partial charge in [-0.05, 0) is 43.2 Å². The van der Waals surface area contributed by atoms with E-state index in [4.69, 9.17) is 11.6 Å². The molecule has 0 unspecified atom stereocenters. The summed E-state index contributed by atoms with van der Waals surface area (Å²) in [6, 6.07) is 6.91. The Hall–Kier alpha value is -0.770. The van der Waals surface area contributed by atoms with Crippen LogP contribution in [-0.2, 0) is 6.54 Å². The van der Waals surface area contributed by atoms with Gasteiger partial charge in [-0.25, -0.2) is 0 Å². The van der Waals surface area contributed by atoms with Crippen molar-refractivity contribution in [3.63, 3.8) is 0 Å². The fourth-order valence-electron chi connectivity index (χ4n) is 2.94. The second-order valence-electron chi connectivity index (χ2n) is 6.02. The number of benzene rings is 1. The number of rotatable bonds is 5. The number of hydrogen-bond acceptors (Lipinski definition) is 3. The fraction of sp³-hybridized carbons (Fsp3) is 0.625. The molecule has 1 aromatic carbocycles. The number of halogens is 1. The number of aliphatic hydroxyl groups excluding tert-OH is 1. The molecule has 1 aliphatic carbocycles. The smallest absolute Gasteiger partial charge is 0.0642 e. The van der Waals surface area contributed by atoms with Crippen molar-refractivity contribution in [2.24, 2.45) is 5.92 Å². The number of aliphatic hydroxyl groups is 1. The molecule has 4 heteroatoms. The van der Waals surface area contributed by atoms with Crippen molar-refractivity contribution >= 4 is 17.3 Å². The molecule has 20 heavy (non-hydrogen) atoms. The second kappa shape index (κ2) is 6.33. The number of nitrogens with zero attached hydrogens (tertiary/aromatic N) is 1. The van der Waals surface area contributed by atoms with E-state index in [0.29, 0.717) is 18.6 Å². The van der Waals surface area contributed by atoms with E-state index in [1.165, 1.54) is 24.1 Å². The molecule has 3 nitrogen and oxygen atoms in total. The van der Waals surface area contributed by atoms with Crippen LogP contribution < -0.4 is 10.2 Å². The summed E-state index contributed by atoms with van der Waals surface area (Å²) in [6.07, 6.45) is 4.71. The largest absolute Gasteiger partial charge is 0.396 e. The van der Waals surface area contributed by atoms with E-state index in [9.17, 15) is 5.11 Å². The van der Waals surface area contributed by atoms with Crippen molar-refractivity contribution in [3.05, 3.63) is 28.8 Å². The maximum absolute atomic E-state index is 9.25. The van der Waals surface area contributed by atoms with Crippen molar-refractivity contribution in [2.75, 3.05) is 24.6 Å². The third kappa shape index (κ3) is 3.27. The van der Waals surface area contributed by atoms with Crippen LogP contribution in [0.25, 0.3) is 0 Å². The van der Waals surface area contributed by atoms with Gasteiger partial charge in [-0.15, -0.1) is 0 Å². The predicted molar refractivity (Wildman–Crippen MR) is 83.3 cm³/mol. The maximum atomic E-state index is 9.25. The van der Waals surface area contributed by atoms with Crippen molar-refractivity contribution in [2.45, 2.75) is 38.3 Å². The normalized spacial score (nSPS) is 20.4. The second-order valence-corrected chi connectivity index (χ2v) is 6.42. The van der Waals surface area contributed by atoms with Crippen LogP contribution in [0.2, 0.25) is 5.02 Å². The molecular formula is C16H23ClN2O. The molecule has 2 fully saturated rings. The van der Waals surface area contributed by atoms with E-state index < -0.39 is 0 Å². The molecule has 0 atom stereocenters. The van der Waals surface area contributed by atoms with Gasteiger partial charge < -0.3 is 15.3 Å². The Bertz CT molecular complexity index is 454. The highest BCUT2D eigenvalue weighted by atomic mass is 35.5. The Kier molecular flexibility index (Phi) is 4.49. The molecule has 1 aliphatic heterocycles. The Morgan fingerprint density at radius 3 is 2.60 bits per heavy atom. The van der Waals surface area contributed by atoms with Crippen LogP contribution in [0, 0.1) is 5.92 Å². The van der Waals surface area contributed by atoms with Crippen LogP contribution in [0.4, 0.5) is 5.69 Å². The Balaban J connectivity index is 1.73. The van der Waals surface area contributed by atoms with Gasteiger partial charge in [-0.3, -0.25) is 0 Å². The molecule has 1 aromatic rings. The van der Waals surface area contributed by atoms with Crippen LogP contribution in [0.3, 0.4) is 0 Å². The zero-order valence-electron chi connectivity index (χ0n) is 11.8. The SMILES string of the molecule is OCC1CCN(c2c(Cl)cccc2CNC2CC2)CC1. The minimum atomic E-state index is 0.312. The zero-order chi connectivity index (χ0) is 13.9. The van der Waals surface area contributed by atoms with Gasteiger partial charge in [0.05, 0.1) is 10.7 Å². The van der Waals surface area contributed by atoms with Gasteiger partial charge in [-0.2, -0.15) is 0 Å². The summed E-state index contributed by atoms with van der Waals surface area (Å²) in [4.78, 5) is 2.39. The topological polar surface area (TPSA) is 35.5 Å². The van der Waals surface area contributed by atoms with Crippen molar-refractivity contribution in [1.82, 2.24) is 5.32 Å². The maximum Gasteiger partial charge on any atom is 0.0642 e. The molecular weight excluding hydrogens is 272 g/mol. The van der Waals surface area contributed by atoms with Crippen LogP contribution in [0.5, 0.6) is 0 Å². The monoisotopic (exact) mass is 294 g/mol. The molecule has 1 saturated carbocycles. The molecule has 1 saturated heterocycles. The van der Waals surface area contributed by atoms with Gasteiger partial charge in [0.15, 0.2) is 0 Å². The van der Waals surface area contributed by atoms with Crippen LogP contribution in [-0.4, -0.2) is 30.8 Å². The first kappa shape index (κ1) is 14.2. The van der Waals surface area contributed by atoms with Crippen LogP contribution >= 0.6 is 11.6 Å². The molecule has 0 radical (unpaired) electrons. The van der Waals surface area contributed by atoms with Gasteiger partial charge in [0.1, 0.15) is 0 Å².